The van der Waals surface area contributed by atoms with E-state index in [-0.39, 0.29) is 11.5 Å². The van der Waals surface area contributed by atoms with Gasteiger partial charge in [0.2, 0.25) is 5.60 Å². The lowest BCUT2D eigenvalue weighted by Crippen LogP contribution is -2.39. The van der Waals surface area contributed by atoms with E-state index in [9.17, 15) is 9.90 Å². The van der Waals surface area contributed by atoms with E-state index in [1.165, 1.54) is 11.3 Å². The molecule has 3 heterocycles. The van der Waals surface area contributed by atoms with Crippen LogP contribution in [-0.4, -0.2) is 35.6 Å². The Morgan fingerprint density at radius 2 is 2.33 bits per heavy atom. The molecular formula is C21H28O4S2. The molecule has 0 radical (unpaired) electrons. The summed E-state index contributed by atoms with van der Waals surface area (Å²) in [6, 6.07) is 3.69. The summed E-state index contributed by atoms with van der Waals surface area (Å²) in [5, 5.41) is 13.3. The van der Waals surface area contributed by atoms with E-state index in [1.54, 1.807) is 11.8 Å². The fraction of sp³-hybridized carbons (Fsp3) is 0.667. The highest BCUT2D eigenvalue weighted by atomic mass is 32.2. The first-order chi connectivity index (χ1) is 13.0. The summed E-state index contributed by atoms with van der Waals surface area (Å²) in [5.74, 6) is 0.906. The minimum absolute atomic E-state index is 0.135. The van der Waals surface area contributed by atoms with Gasteiger partial charge in [-0.15, -0.1) is 23.1 Å². The predicted octanol–water partition coefficient (Wildman–Crippen LogP) is 4.48. The molecule has 1 aliphatic carbocycles. The summed E-state index contributed by atoms with van der Waals surface area (Å²) < 4.78 is 11.4. The van der Waals surface area contributed by atoms with Crippen LogP contribution in [0.25, 0.3) is 0 Å². The molecule has 1 saturated carbocycles. The molecule has 1 aromatic heterocycles. The zero-order valence-corrected chi connectivity index (χ0v) is 17.6. The first kappa shape index (κ1) is 19.5. The molecule has 0 bridgehead atoms. The van der Waals surface area contributed by atoms with E-state index in [0.29, 0.717) is 21.8 Å². The van der Waals surface area contributed by atoms with Crippen molar-refractivity contribution in [2.75, 3.05) is 12.4 Å². The maximum atomic E-state index is 13.2. The Morgan fingerprint density at radius 1 is 1.52 bits per heavy atom. The van der Waals surface area contributed by atoms with Crippen molar-refractivity contribution in [1.82, 2.24) is 0 Å². The average molecular weight is 409 g/mol. The lowest BCUT2D eigenvalue weighted by atomic mass is 9.75. The molecule has 27 heavy (non-hydrogen) atoms. The molecule has 3 unspecified atom stereocenters. The van der Waals surface area contributed by atoms with Gasteiger partial charge in [-0.25, -0.2) is 4.79 Å². The van der Waals surface area contributed by atoms with Crippen LogP contribution in [0.1, 0.15) is 50.8 Å². The van der Waals surface area contributed by atoms with Crippen LogP contribution in [0.5, 0.6) is 0 Å². The Kier molecular flexibility index (Phi) is 5.45. The van der Waals surface area contributed by atoms with Crippen LogP contribution in [0, 0.1) is 11.3 Å². The summed E-state index contributed by atoms with van der Waals surface area (Å²) >= 11 is 2.96. The van der Waals surface area contributed by atoms with Gasteiger partial charge in [-0.1, -0.05) is 32.4 Å². The molecule has 0 aromatic carbocycles. The summed E-state index contributed by atoms with van der Waals surface area (Å²) in [6.07, 6.45) is 6.93. The molecular weight excluding hydrogens is 380 g/mol. The fourth-order valence-electron chi connectivity index (χ4n) is 4.79. The third-order valence-electron chi connectivity index (χ3n) is 6.32. The van der Waals surface area contributed by atoms with Crippen LogP contribution >= 0.6 is 23.1 Å². The normalized spacial score (nSPS) is 34.9. The van der Waals surface area contributed by atoms with E-state index < -0.39 is 11.6 Å². The number of rotatable bonds is 7. The molecule has 3 aliphatic rings. The second-order valence-corrected chi connectivity index (χ2v) is 10.4. The van der Waals surface area contributed by atoms with Crippen LogP contribution in [0.3, 0.4) is 0 Å². The van der Waals surface area contributed by atoms with Gasteiger partial charge in [0.1, 0.15) is 6.10 Å². The molecule has 4 nitrogen and oxygen atoms in total. The molecule has 0 amide bonds. The van der Waals surface area contributed by atoms with Gasteiger partial charge in [0, 0.05) is 10.7 Å². The molecule has 148 valence electrons. The van der Waals surface area contributed by atoms with Crippen molar-refractivity contribution < 1.29 is 19.4 Å². The van der Waals surface area contributed by atoms with Gasteiger partial charge >= 0.3 is 5.97 Å². The van der Waals surface area contributed by atoms with Crippen molar-refractivity contribution >= 4 is 29.1 Å². The van der Waals surface area contributed by atoms with Crippen LogP contribution in [-0.2, 0) is 19.9 Å². The minimum Gasteiger partial charge on any atom is -0.460 e. The highest BCUT2D eigenvalue weighted by Gasteiger charge is 2.51. The number of aliphatic hydroxyl groups is 1. The molecule has 5 atom stereocenters. The SMILES string of the molecule is CCC1C[C@H](OC(=O)C(O)(C2=CCCS2)c2cccs2)C[C@]1(C)CC1CO1. The highest BCUT2D eigenvalue weighted by Crippen LogP contribution is 2.51. The Morgan fingerprint density at radius 3 is 2.93 bits per heavy atom. The molecule has 2 fully saturated rings. The molecule has 4 rings (SSSR count). The van der Waals surface area contributed by atoms with Gasteiger partial charge in [-0.3, -0.25) is 0 Å². The third kappa shape index (κ3) is 3.74. The van der Waals surface area contributed by atoms with Crippen molar-refractivity contribution in [2.24, 2.45) is 11.3 Å². The van der Waals surface area contributed by atoms with Gasteiger partial charge in [0.05, 0.1) is 17.6 Å². The highest BCUT2D eigenvalue weighted by molar-refractivity contribution is 8.03. The lowest BCUT2D eigenvalue weighted by molar-refractivity contribution is -0.167. The van der Waals surface area contributed by atoms with E-state index in [1.807, 2.05) is 23.6 Å². The van der Waals surface area contributed by atoms with Gasteiger partial charge in [0.25, 0.3) is 0 Å². The van der Waals surface area contributed by atoms with E-state index in [2.05, 4.69) is 13.8 Å². The predicted molar refractivity (Wildman–Crippen MR) is 109 cm³/mol. The Labute approximate surface area is 169 Å². The smallest absolute Gasteiger partial charge is 0.349 e. The molecule has 1 N–H and O–H groups in total. The minimum atomic E-state index is -1.66. The van der Waals surface area contributed by atoms with E-state index in [0.717, 1.165) is 44.5 Å². The van der Waals surface area contributed by atoms with Crippen molar-refractivity contribution in [3.8, 4) is 0 Å². The molecule has 2 aliphatic heterocycles. The number of hydrogen-bond donors (Lipinski definition) is 1. The van der Waals surface area contributed by atoms with Gasteiger partial charge in [0.15, 0.2) is 0 Å². The topological polar surface area (TPSA) is 59.1 Å². The number of epoxide rings is 1. The lowest BCUT2D eigenvalue weighted by Gasteiger charge is -2.30. The van der Waals surface area contributed by atoms with Gasteiger partial charge < -0.3 is 14.6 Å². The van der Waals surface area contributed by atoms with Crippen LogP contribution < -0.4 is 0 Å². The maximum Gasteiger partial charge on any atom is 0.349 e. The number of thiophene rings is 1. The maximum absolute atomic E-state index is 13.2. The zero-order chi connectivity index (χ0) is 19.1. The molecule has 0 spiro atoms. The number of thioether (sulfide) groups is 1. The van der Waals surface area contributed by atoms with Crippen molar-refractivity contribution in [1.29, 1.82) is 0 Å². The Balaban J connectivity index is 1.51. The number of carbonyl (C=O) groups excluding carboxylic acids is 1. The summed E-state index contributed by atoms with van der Waals surface area (Å²) in [7, 11) is 0. The van der Waals surface area contributed by atoms with Crippen molar-refractivity contribution in [3.05, 3.63) is 33.4 Å². The van der Waals surface area contributed by atoms with E-state index in [4.69, 9.17) is 9.47 Å². The third-order valence-corrected chi connectivity index (χ3v) is 8.52. The van der Waals surface area contributed by atoms with Crippen molar-refractivity contribution in [2.45, 2.75) is 63.8 Å². The fourth-order valence-corrected chi connectivity index (χ4v) is 6.77. The average Bonchev–Trinajstić information content (AvgIpc) is 3.11. The first-order valence-corrected chi connectivity index (χ1v) is 11.7. The number of allylic oxidation sites excluding steroid dienone is 1. The Hall–Kier alpha value is -0.820. The summed E-state index contributed by atoms with van der Waals surface area (Å²) in [4.78, 5) is 14.6. The second kappa shape index (κ2) is 7.54. The molecule has 6 heteroatoms. The standard InChI is InChI=1S/C21H28O4S2/c1-3-14-10-15(11-20(14,2)12-16-13-24-16)25-19(22)21(23,17-6-4-8-26-17)18-7-5-9-27-18/h4,6-8,14-16,23H,3,5,9-13H2,1-2H3/t14?,15-,16?,20+,21?/m0/s1. The van der Waals surface area contributed by atoms with Crippen LogP contribution in [0.4, 0.5) is 0 Å². The largest absolute Gasteiger partial charge is 0.460 e. The Bertz CT molecular complexity index is 712. The van der Waals surface area contributed by atoms with Gasteiger partial charge in [-0.2, -0.15) is 0 Å². The summed E-state index contributed by atoms with van der Waals surface area (Å²) in [5.41, 5.74) is -1.51. The van der Waals surface area contributed by atoms with Gasteiger partial charge in [-0.05, 0) is 48.5 Å². The molecule has 1 aromatic rings. The quantitative estimate of drug-likeness (QED) is 0.532. The number of carbonyl (C=O) groups is 1. The van der Waals surface area contributed by atoms with E-state index >= 15 is 0 Å². The van der Waals surface area contributed by atoms with Crippen molar-refractivity contribution in [3.63, 3.8) is 0 Å². The molecule has 1 saturated heterocycles. The number of hydrogen-bond acceptors (Lipinski definition) is 6. The first-order valence-electron chi connectivity index (χ1n) is 9.88. The monoisotopic (exact) mass is 408 g/mol. The number of esters is 1. The summed E-state index contributed by atoms with van der Waals surface area (Å²) in [6.45, 7) is 5.38. The second-order valence-electron chi connectivity index (χ2n) is 8.28. The number of ether oxygens (including phenoxy) is 2. The van der Waals surface area contributed by atoms with Crippen LogP contribution in [0.2, 0.25) is 0 Å². The zero-order valence-electron chi connectivity index (χ0n) is 16.0. The van der Waals surface area contributed by atoms with Crippen LogP contribution in [0.15, 0.2) is 28.5 Å².